The van der Waals surface area contributed by atoms with E-state index in [2.05, 4.69) is 44.9 Å². The van der Waals surface area contributed by atoms with Gasteiger partial charge in [0.25, 0.3) is 0 Å². The first-order valence-electron chi connectivity index (χ1n) is 8.82. The number of rotatable bonds is 5. The second-order valence-electron chi connectivity index (χ2n) is 6.56. The minimum absolute atomic E-state index is 0.0938. The normalized spacial score (nSPS) is 19.8. The van der Waals surface area contributed by atoms with Crippen molar-refractivity contribution in [2.24, 2.45) is 0 Å². The lowest BCUT2D eigenvalue weighted by molar-refractivity contribution is 0.258. The topological polar surface area (TPSA) is 61.3 Å². The van der Waals surface area contributed by atoms with Crippen molar-refractivity contribution < 1.29 is 5.11 Å². The number of benzene rings is 2. The highest BCUT2D eigenvalue weighted by atomic mass is 127. The van der Waals surface area contributed by atoms with Gasteiger partial charge < -0.3 is 15.3 Å². The van der Waals surface area contributed by atoms with Crippen molar-refractivity contribution in [1.29, 1.82) is 0 Å². The maximum absolute atomic E-state index is 9.87. The third kappa shape index (κ3) is 3.35. The molecule has 0 aliphatic carbocycles. The number of aromatic nitrogens is 2. The van der Waals surface area contributed by atoms with Crippen LogP contribution in [0.2, 0.25) is 0 Å². The molecule has 1 aliphatic heterocycles. The van der Waals surface area contributed by atoms with Gasteiger partial charge in [0.2, 0.25) is 5.95 Å². The number of nitrogens with zero attached hydrogens (tertiary/aromatic N) is 3. The number of halogens is 1. The van der Waals surface area contributed by atoms with E-state index in [-0.39, 0.29) is 10.2 Å². The van der Waals surface area contributed by atoms with Gasteiger partial charge in [-0.1, -0.05) is 65.1 Å². The number of aliphatic hydroxyl groups excluding tert-OH is 1. The van der Waals surface area contributed by atoms with E-state index in [4.69, 9.17) is 9.97 Å². The summed E-state index contributed by atoms with van der Waals surface area (Å²) < 4.78 is -0.323. The van der Waals surface area contributed by atoms with Crippen LogP contribution in [0.1, 0.15) is 18.4 Å². The van der Waals surface area contributed by atoms with E-state index in [1.165, 1.54) is 5.56 Å². The second kappa shape index (κ2) is 7.36. The first kappa shape index (κ1) is 17.5. The number of alkyl halides is 1. The maximum Gasteiger partial charge on any atom is 0.229 e. The summed E-state index contributed by atoms with van der Waals surface area (Å²) in [6.45, 7) is 1.66. The average Bonchev–Trinajstić information content (AvgIpc) is 3.09. The van der Waals surface area contributed by atoms with Gasteiger partial charge in [-0.25, -0.2) is 4.98 Å². The number of fused-ring (bicyclic) bond motifs is 1. The summed E-state index contributed by atoms with van der Waals surface area (Å²) >= 11 is 2.34. The summed E-state index contributed by atoms with van der Waals surface area (Å²) in [5, 5.41) is 14.4. The number of aliphatic hydroxyl groups is 1. The Morgan fingerprint density at radius 3 is 2.65 bits per heavy atom. The Labute approximate surface area is 166 Å². The molecular formula is C20H21IN4O. The molecule has 1 aromatic heterocycles. The van der Waals surface area contributed by atoms with Crippen LogP contribution in [-0.4, -0.2) is 31.8 Å². The molecule has 1 atom stereocenters. The zero-order chi connectivity index (χ0) is 18.0. The standard InChI is InChI=1S/C20H21IN4O/c21-20(14-26)11-6-12-25(20)19-23-17-10-5-4-9-16(17)18(24-19)22-13-15-7-2-1-3-8-15/h1-5,7-10,26H,6,11-14H2,(H,22,23,24). The largest absolute Gasteiger partial charge is 0.393 e. The minimum Gasteiger partial charge on any atom is -0.393 e. The summed E-state index contributed by atoms with van der Waals surface area (Å²) in [5.74, 6) is 1.51. The lowest BCUT2D eigenvalue weighted by Crippen LogP contribution is -2.42. The predicted octanol–water partition coefficient (Wildman–Crippen LogP) is 3.97. The summed E-state index contributed by atoms with van der Waals surface area (Å²) in [4.78, 5) is 11.7. The third-order valence-electron chi connectivity index (χ3n) is 4.80. The molecule has 0 bridgehead atoms. The molecule has 0 amide bonds. The van der Waals surface area contributed by atoms with E-state index in [1.807, 2.05) is 42.5 Å². The van der Waals surface area contributed by atoms with E-state index < -0.39 is 0 Å². The lowest BCUT2D eigenvalue weighted by Gasteiger charge is -2.32. The van der Waals surface area contributed by atoms with Crippen molar-refractivity contribution in [2.45, 2.75) is 22.9 Å². The molecule has 2 heterocycles. The van der Waals surface area contributed by atoms with Crippen molar-refractivity contribution in [3.8, 4) is 0 Å². The Hall–Kier alpha value is -1.93. The number of para-hydroxylation sites is 1. The highest BCUT2D eigenvalue weighted by molar-refractivity contribution is 14.1. The Balaban J connectivity index is 1.71. The molecule has 134 valence electrons. The number of hydrogen-bond acceptors (Lipinski definition) is 5. The van der Waals surface area contributed by atoms with E-state index in [1.54, 1.807) is 0 Å². The monoisotopic (exact) mass is 460 g/mol. The fourth-order valence-electron chi connectivity index (χ4n) is 3.39. The van der Waals surface area contributed by atoms with Crippen molar-refractivity contribution in [2.75, 3.05) is 23.4 Å². The number of anilines is 2. The minimum atomic E-state index is -0.323. The Kier molecular flexibility index (Phi) is 4.95. The lowest BCUT2D eigenvalue weighted by atomic mass is 10.2. The third-order valence-corrected chi connectivity index (χ3v) is 6.27. The van der Waals surface area contributed by atoms with Gasteiger partial charge in [0.1, 0.15) is 9.36 Å². The van der Waals surface area contributed by atoms with Crippen LogP contribution in [-0.2, 0) is 6.54 Å². The molecule has 1 unspecified atom stereocenters. The van der Waals surface area contributed by atoms with Crippen LogP contribution in [0.5, 0.6) is 0 Å². The van der Waals surface area contributed by atoms with Gasteiger partial charge in [0.15, 0.2) is 0 Å². The SMILES string of the molecule is OCC1(I)CCCN1c1nc(NCc2ccccc2)c2ccccc2n1. The Bertz CT molecular complexity index is 905. The molecule has 0 saturated carbocycles. The van der Waals surface area contributed by atoms with Gasteiger partial charge in [-0.2, -0.15) is 4.98 Å². The van der Waals surface area contributed by atoms with Crippen molar-refractivity contribution in [1.82, 2.24) is 9.97 Å². The first-order valence-corrected chi connectivity index (χ1v) is 9.89. The van der Waals surface area contributed by atoms with E-state index in [9.17, 15) is 5.11 Å². The first-order chi connectivity index (χ1) is 12.7. The zero-order valence-electron chi connectivity index (χ0n) is 14.4. The summed E-state index contributed by atoms with van der Waals surface area (Å²) in [7, 11) is 0. The maximum atomic E-state index is 9.87. The van der Waals surface area contributed by atoms with E-state index in [0.717, 1.165) is 36.1 Å². The molecule has 0 spiro atoms. The highest BCUT2D eigenvalue weighted by Crippen LogP contribution is 2.38. The molecule has 1 fully saturated rings. The van der Waals surface area contributed by atoms with Gasteiger partial charge in [0.05, 0.1) is 12.1 Å². The molecule has 2 N–H and O–H groups in total. The average molecular weight is 460 g/mol. The fraction of sp³-hybridized carbons (Fsp3) is 0.300. The highest BCUT2D eigenvalue weighted by Gasteiger charge is 2.39. The molecule has 3 aromatic rings. The van der Waals surface area contributed by atoms with Crippen LogP contribution >= 0.6 is 22.6 Å². The van der Waals surface area contributed by atoms with Crippen LogP contribution in [0.25, 0.3) is 10.9 Å². The van der Waals surface area contributed by atoms with Crippen LogP contribution in [0.4, 0.5) is 11.8 Å². The summed E-state index contributed by atoms with van der Waals surface area (Å²) in [6.07, 6.45) is 1.97. The van der Waals surface area contributed by atoms with Gasteiger partial charge in [-0.15, -0.1) is 0 Å². The quantitative estimate of drug-likeness (QED) is 0.343. The molecule has 5 nitrogen and oxygen atoms in total. The van der Waals surface area contributed by atoms with Crippen molar-refractivity contribution in [3.63, 3.8) is 0 Å². The molecule has 26 heavy (non-hydrogen) atoms. The number of hydrogen-bond donors (Lipinski definition) is 2. The molecule has 6 heteroatoms. The molecule has 2 aromatic carbocycles. The molecule has 0 radical (unpaired) electrons. The van der Waals surface area contributed by atoms with Crippen molar-refractivity contribution in [3.05, 3.63) is 60.2 Å². The molecule has 1 saturated heterocycles. The number of nitrogens with one attached hydrogen (secondary N) is 1. The van der Waals surface area contributed by atoms with E-state index in [0.29, 0.717) is 12.5 Å². The Morgan fingerprint density at radius 2 is 1.85 bits per heavy atom. The van der Waals surface area contributed by atoms with Gasteiger partial charge in [-0.05, 0) is 30.5 Å². The van der Waals surface area contributed by atoms with Gasteiger partial charge >= 0.3 is 0 Å². The Morgan fingerprint density at radius 1 is 1.08 bits per heavy atom. The molecular weight excluding hydrogens is 439 g/mol. The van der Waals surface area contributed by atoms with Gasteiger partial charge in [0, 0.05) is 18.5 Å². The van der Waals surface area contributed by atoms with Crippen LogP contribution < -0.4 is 10.2 Å². The summed E-state index contributed by atoms with van der Waals surface area (Å²) in [6, 6.07) is 18.3. The van der Waals surface area contributed by atoms with Crippen LogP contribution in [0, 0.1) is 0 Å². The van der Waals surface area contributed by atoms with Crippen LogP contribution in [0.3, 0.4) is 0 Å². The summed E-state index contributed by atoms with van der Waals surface area (Å²) in [5.41, 5.74) is 2.12. The predicted molar refractivity (Wildman–Crippen MR) is 114 cm³/mol. The van der Waals surface area contributed by atoms with Crippen molar-refractivity contribution >= 4 is 45.3 Å². The van der Waals surface area contributed by atoms with E-state index >= 15 is 0 Å². The second-order valence-corrected chi connectivity index (χ2v) is 8.57. The molecule has 4 rings (SSSR count). The van der Waals surface area contributed by atoms with Crippen LogP contribution in [0.15, 0.2) is 54.6 Å². The molecule has 1 aliphatic rings. The van der Waals surface area contributed by atoms with Gasteiger partial charge in [-0.3, -0.25) is 0 Å². The zero-order valence-corrected chi connectivity index (χ0v) is 16.6. The fourth-order valence-corrected chi connectivity index (χ4v) is 4.23. The smallest absolute Gasteiger partial charge is 0.229 e.